The lowest BCUT2D eigenvalue weighted by Gasteiger charge is -2.25. The van der Waals surface area contributed by atoms with Gasteiger partial charge >= 0.3 is 0 Å². The molecule has 0 fully saturated rings. The van der Waals surface area contributed by atoms with Crippen molar-refractivity contribution in [3.8, 4) is 0 Å². The number of benzene rings is 1. The molecule has 18 heavy (non-hydrogen) atoms. The van der Waals surface area contributed by atoms with Crippen molar-refractivity contribution in [2.45, 2.75) is 19.9 Å². The topological polar surface area (TPSA) is 29.3 Å². The molecule has 0 aliphatic carbocycles. The van der Waals surface area contributed by atoms with E-state index in [0.29, 0.717) is 0 Å². The number of nitrogens with two attached hydrogens (primary N) is 1. The second kappa shape index (κ2) is 6.12. The van der Waals surface area contributed by atoms with Crippen LogP contribution in [-0.4, -0.2) is 6.54 Å². The highest BCUT2D eigenvalue weighted by Gasteiger charge is 2.10. The molecule has 4 heteroatoms. The Kier molecular flexibility index (Phi) is 4.50. The van der Waals surface area contributed by atoms with E-state index >= 15 is 0 Å². The predicted molar refractivity (Wildman–Crippen MR) is 81.5 cm³/mol. The second-order valence-electron chi connectivity index (χ2n) is 4.19. The maximum Gasteiger partial charge on any atom is 0.0931 e. The van der Waals surface area contributed by atoms with E-state index in [0.717, 1.165) is 35.2 Å². The van der Waals surface area contributed by atoms with E-state index < -0.39 is 0 Å². The van der Waals surface area contributed by atoms with E-state index in [9.17, 15) is 0 Å². The van der Waals surface area contributed by atoms with Gasteiger partial charge in [0.2, 0.25) is 0 Å². The molecule has 1 aromatic carbocycles. The van der Waals surface area contributed by atoms with Crippen LogP contribution in [0.4, 0.5) is 11.4 Å². The Morgan fingerprint density at radius 2 is 2.00 bits per heavy atom. The van der Waals surface area contributed by atoms with Crippen LogP contribution in [0, 0.1) is 0 Å². The van der Waals surface area contributed by atoms with Crippen LogP contribution >= 0.6 is 22.9 Å². The lowest BCUT2D eigenvalue weighted by Crippen LogP contribution is -2.23. The SMILES string of the molecule is CCCN(Cc1ccc(Cl)s1)c1ccccc1N. The van der Waals surface area contributed by atoms with Crippen molar-refractivity contribution in [3.63, 3.8) is 0 Å². The van der Waals surface area contributed by atoms with Crippen LogP contribution in [0.2, 0.25) is 4.34 Å². The number of nitrogens with zero attached hydrogens (tertiary/aromatic N) is 1. The number of hydrogen-bond donors (Lipinski definition) is 1. The molecule has 0 bridgehead atoms. The molecule has 0 spiro atoms. The van der Waals surface area contributed by atoms with E-state index in [-0.39, 0.29) is 0 Å². The van der Waals surface area contributed by atoms with Crippen LogP contribution < -0.4 is 10.6 Å². The third-order valence-corrected chi connectivity index (χ3v) is 3.96. The van der Waals surface area contributed by atoms with Crippen LogP contribution in [0.15, 0.2) is 36.4 Å². The summed E-state index contributed by atoms with van der Waals surface area (Å²) in [5.41, 5.74) is 7.97. The first-order valence-electron chi connectivity index (χ1n) is 6.04. The van der Waals surface area contributed by atoms with Gasteiger partial charge in [0.25, 0.3) is 0 Å². The number of nitrogen functional groups attached to an aromatic ring is 1. The van der Waals surface area contributed by atoms with Crippen molar-refractivity contribution in [2.24, 2.45) is 0 Å². The molecule has 0 radical (unpaired) electrons. The summed E-state index contributed by atoms with van der Waals surface area (Å²) in [6.45, 7) is 4.02. The fourth-order valence-corrected chi connectivity index (χ4v) is 3.06. The maximum absolute atomic E-state index is 6.05. The first-order valence-corrected chi connectivity index (χ1v) is 7.24. The van der Waals surface area contributed by atoms with Crippen molar-refractivity contribution in [1.82, 2.24) is 0 Å². The zero-order valence-corrected chi connectivity index (χ0v) is 12.0. The molecule has 2 rings (SSSR count). The minimum atomic E-state index is 0.827. The van der Waals surface area contributed by atoms with E-state index in [1.54, 1.807) is 11.3 Å². The minimum absolute atomic E-state index is 0.827. The molecule has 0 aliphatic rings. The molecule has 1 aromatic heterocycles. The third kappa shape index (κ3) is 3.18. The normalized spacial score (nSPS) is 10.6. The van der Waals surface area contributed by atoms with E-state index in [1.807, 2.05) is 24.3 Å². The van der Waals surface area contributed by atoms with Gasteiger partial charge in [-0.1, -0.05) is 30.7 Å². The molecule has 1 heterocycles. The largest absolute Gasteiger partial charge is 0.397 e. The van der Waals surface area contributed by atoms with Crippen molar-refractivity contribution < 1.29 is 0 Å². The summed E-state index contributed by atoms with van der Waals surface area (Å²) in [6, 6.07) is 12.0. The fourth-order valence-electron chi connectivity index (χ4n) is 1.95. The molecule has 2 N–H and O–H groups in total. The van der Waals surface area contributed by atoms with Gasteiger partial charge in [0.15, 0.2) is 0 Å². The predicted octanol–water partition coefficient (Wildman–Crippen LogP) is 4.40. The lowest BCUT2D eigenvalue weighted by molar-refractivity contribution is 0.775. The molecule has 0 aliphatic heterocycles. The quantitative estimate of drug-likeness (QED) is 0.823. The third-order valence-electron chi connectivity index (χ3n) is 2.75. The summed E-state index contributed by atoms with van der Waals surface area (Å²) in [5, 5.41) is 0. The molecule has 0 amide bonds. The second-order valence-corrected chi connectivity index (χ2v) is 5.99. The average molecular weight is 281 g/mol. The Hall–Kier alpha value is -1.19. The summed E-state index contributed by atoms with van der Waals surface area (Å²) < 4.78 is 0.836. The summed E-state index contributed by atoms with van der Waals surface area (Å²) in [5.74, 6) is 0. The molecule has 2 nitrogen and oxygen atoms in total. The molecular weight excluding hydrogens is 264 g/mol. The highest BCUT2D eigenvalue weighted by Crippen LogP contribution is 2.28. The summed E-state index contributed by atoms with van der Waals surface area (Å²) >= 11 is 7.60. The van der Waals surface area contributed by atoms with Crippen LogP contribution in [0.5, 0.6) is 0 Å². The van der Waals surface area contributed by atoms with Gasteiger partial charge in [0, 0.05) is 11.4 Å². The minimum Gasteiger partial charge on any atom is -0.397 e. The van der Waals surface area contributed by atoms with Gasteiger partial charge in [-0.15, -0.1) is 11.3 Å². The number of thiophene rings is 1. The average Bonchev–Trinajstić information content (AvgIpc) is 2.75. The first kappa shape index (κ1) is 13.2. The summed E-state index contributed by atoms with van der Waals surface area (Å²) in [6.07, 6.45) is 1.09. The van der Waals surface area contributed by atoms with Gasteiger partial charge in [-0.2, -0.15) is 0 Å². The van der Waals surface area contributed by atoms with Crippen LogP contribution in [0.3, 0.4) is 0 Å². The van der Waals surface area contributed by atoms with Crippen LogP contribution in [-0.2, 0) is 6.54 Å². The standard InChI is InChI=1S/C14H17ClN2S/c1-2-9-17(10-11-7-8-14(15)18-11)13-6-4-3-5-12(13)16/h3-8H,2,9-10,16H2,1H3. The Bertz CT molecular complexity index is 510. The number of para-hydroxylation sites is 2. The van der Waals surface area contributed by atoms with Crippen molar-refractivity contribution >= 4 is 34.3 Å². The molecule has 0 saturated carbocycles. The zero-order chi connectivity index (χ0) is 13.0. The van der Waals surface area contributed by atoms with Crippen molar-refractivity contribution in [1.29, 1.82) is 0 Å². The number of hydrogen-bond acceptors (Lipinski definition) is 3. The Morgan fingerprint density at radius 3 is 2.61 bits per heavy atom. The van der Waals surface area contributed by atoms with Gasteiger partial charge < -0.3 is 10.6 Å². The lowest BCUT2D eigenvalue weighted by atomic mass is 10.2. The number of halogens is 1. The maximum atomic E-state index is 6.05. The van der Waals surface area contributed by atoms with Crippen LogP contribution in [0.1, 0.15) is 18.2 Å². The van der Waals surface area contributed by atoms with Gasteiger partial charge in [-0.05, 0) is 30.7 Å². The van der Waals surface area contributed by atoms with E-state index in [4.69, 9.17) is 17.3 Å². The first-order chi connectivity index (χ1) is 8.70. The van der Waals surface area contributed by atoms with Crippen molar-refractivity contribution in [2.75, 3.05) is 17.2 Å². The molecular formula is C14H17ClN2S. The molecule has 2 aromatic rings. The van der Waals surface area contributed by atoms with Crippen molar-refractivity contribution in [3.05, 3.63) is 45.6 Å². The molecule has 0 saturated heterocycles. The Labute approximate surface area is 117 Å². The van der Waals surface area contributed by atoms with Gasteiger partial charge in [0.05, 0.1) is 22.3 Å². The highest BCUT2D eigenvalue weighted by atomic mass is 35.5. The van der Waals surface area contributed by atoms with Gasteiger partial charge in [0.1, 0.15) is 0 Å². The van der Waals surface area contributed by atoms with E-state index in [2.05, 4.69) is 24.0 Å². The molecule has 0 unspecified atom stereocenters. The molecule has 0 atom stereocenters. The highest BCUT2D eigenvalue weighted by molar-refractivity contribution is 7.16. The Morgan fingerprint density at radius 1 is 1.22 bits per heavy atom. The summed E-state index contributed by atoms with van der Waals surface area (Å²) in [7, 11) is 0. The molecule has 96 valence electrons. The number of rotatable bonds is 5. The smallest absolute Gasteiger partial charge is 0.0931 e. The van der Waals surface area contributed by atoms with Gasteiger partial charge in [-0.25, -0.2) is 0 Å². The van der Waals surface area contributed by atoms with Crippen LogP contribution in [0.25, 0.3) is 0 Å². The monoisotopic (exact) mass is 280 g/mol. The number of anilines is 2. The summed E-state index contributed by atoms with van der Waals surface area (Å²) in [4.78, 5) is 3.56. The van der Waals surface area contributed by atoms with Gasteiger partial charge in [-0.3, -0.25) is 0 Å². The van der Waals surface area contributed by atoms with E-state index in [1.165, 1.54) is 4.88 Å². The Balaban J connectivity index is 2.20. The zero-order valence-electron chi connectivity index (χ0n) is 10.4. The fraction of sp³-hybridized carbons (Fsp3) is 0.286.